The maximum absolute atomic E-state index is 14.4. The van der Waals surface area contributed by atoms with E-state index in [0.717, 1.165) is 47.9 Å². The second kappa shape index (κ2) is 13.1. The van der Waals surface area contributed by atoms with E-state index in [-0.39, 0.29) is 30.3 Å². The van der Waals surface area contributed by atoms with Crippen LogP contribution in [0.5, 0.6) is 0 Å². The molecule has 3 amide bonds. The van der Waals surface area contributed by atoms with Gasteiger partial charge in [0.1, 0.15) is 17.7 Å². The quantitative estimate of drug-likeness (QED) is 0.382. The van der Waals surface area contributed by atoms with Crippen molar-refractivity contribution in [2.24, 2.45) is 0 Å². The van der Waals surface area contributed by atoms with Crippen LogP contribution in [-0.2, 0) is 20.7 Å². The topological polar surface area (TPSA) is 87.7 Å². The average Bonchev–Trinajstić information content (AvgIpc) is 3.68. The van der Waals surface area contributed by atoms with Crippen LogP contribution in [0, 0.1) is 13.8 Å². The van der Waals surface area contributed by atoms with Crippen LogP contribution in [0.4, 0.5) is 4.79 Å². The van der Waals surface area contributed by atoms with Gasteiger partial charge in [-0.2, -0.15) is 0 Å². The zero-order valence-corrected chi connectivity index (χ0v) is 24.5. The fourth-order valence-electron chi connectivity index (χ4n) is 4.75. The van der Waals surface area contributed by atoms with Crippen molar-refractivity contribution in [1.82, 2.24) is 15.5 Å². The lowest BCUT2D eigenvalue weighted by Crippen LogP contribution is -2.55. The van der Waals surface area contributed by atoms with E-state index in [9.17, 15) is 14.4 Å². The molecule has 1 aliphatic rings. The van der Waals surface area contributed by atoms with E-state index in [1.54, 1.807) is 25.7 Å². The third kappa shape index (κ3) is 8.84. The number of benzene rings is 2. The van der Waals surface area contributed by atoms with Crippen molar-refractivity contribution in [3.8, 4) is 0 Å². The Bertz CT molecular complexity index is 1140. The van der Waals surface area contributed by atoms with Crippen molar-refractivity contribution in [1.29, 1.82) is 0 Å². The number of amides is 3. The van der Waals surface area contributed by atoms with Crippen molar-refractivity contribution in [3.05, 3.63) is 70.8 Å². The highest BCUT2D eigenvalue weighted by Gasteiger charge is 2.44. The Labute approximate surface area is 233 Å². The van der Waals surface area contributed by atoms with Gasteiger partial charge in [0.2, 0.25) is 11.8 Å². The molecule has 1 fully saturated rings. The smallest absolute Gasteiger partial charge is 0.408 e. The zero-order valence-electron chi connectivity index (χ0n) is 24.5. The number of nitrogens with zero attached hydrogens (tertiary/aromatic N) is 1. The second-order valence-corrected chi connectivity index (χ2v) is 11.8. The summed E-state index contributed by atoms with van der Waals surface area (Å²) in [6.45, 7) is 13.5. The van der Waals surface area contributed by atoms with Crippen LogP contribution in [0.25, 0.3) is 0 Å². The number of ether oxygens (including phenoxy) is 1. The first-order valence-corrected chi connectivity index (χ1v) is 14.1. The number of hydrogen-bond acceptors (Lipinski definition) is 4. The molecular weight excluding hydrogens is 490 g/mol. The molecule has 1 saturated carbocycles. The molecule has 2 aromatic rings. The van der Waals surface area contributed by atoms with Gasteiger partial charge in [-0.3, -0.25) is 9.59 Å². The van der Waals surface area contributed by atoms with Gasteiger partial charge in [0.15, 0.2) is 0 Å². The maximum Gasteiger partial charge on any atom is 0.408 e. The molecule has 2 N–H and O–H groups in total. The van der Waals surface area contributed by atoms with Crippen LogP contribution in [0.3, 0.4) is 0 Å². The van der Waals surface area contributed by atoms with Gasteiger partial charge >= 0.3 is 6.09 Å². The van der Waals surface area contributed by atoms with E-state index < -0.39 is 23.8 Å². The predicted molar refractivity (Wildman–Crippen MR) is 154 cm³/mol. The second-order valence-electron chi connectivity index (χ2n) is 11.8. The third-order valence-corrected chi connectivity index (χ3v) is 6.95. The van der Waals surface area contributed by atoms with Crippen molar-refractivity contribution in [2.75, 3.05) is 0 Å². The van der Waals surface area contributed by atoms with Gasteiger partial charge in [-0.1, -0.05) is 61.9 Å². The molecule has 0 heterocycles. The molecule has 0 aliphatic heterocycles. The molecule has 7 nitrogen and oxygen atoms in total. The Hall–Kier alpha value is -3.35. The van der Waals surface area contributed by atoms with E-state index in [1.165, 1.54) is 0 Å². The number of alkyl carbamates (subject to hydrolysis) is 1. The summed E-state index contributed by atoms with van der Waals surface area (Å²) in [5, 5.41) is 5.97. The molecule has 0 saturated heterocycles. The summed E-state index contributed by atoms with van der Waals surface area (Å²) in [5.74, 6) is -0.482. The molecule has 0 spiro atoms. The third-order valence-electron chi connectivity index (χ3n) is 6.95. The summed E-state index contributed by atoms with van der Waals surface area (Å²) in [6, 6.07) is 13.7. The number of hydrogen-bond donors (Lipinski definition) is 2. The minimum Gasteiger partial charge on any atom is -0.444 e. The fraction of sp³-hybridized carbons (Fsp3) is 0.531. The van der Waals surface area contributed by atoms with E-state index in [0.29, 0.717) is 0 Å². The van der Waals surface area contributed by atoms with Gasteiger partial charge < -0.3 is 20.3 Å². The van der Waals surface area contributed by atoms with E-state index >= 15 is 0 Å². The Morgan fingerprint density at radius 2 is 1.67 bits per heavy atom. The molecule has 0 radical (unpaired) electrons. The highest BCUT2D eigenvalue weighted by atomic mass is 16.6. The first kappa shape index (κ1) is 30.2. The lowest BCUT2D eigenvalue weighted by atomic mass is 9.97. The van der Waals surface area contributed by atoms with Crippen LogP contribution in [-0.4, -0.2) is 46.5 Å². The molecule has 212 valence electrons. The van der Waals surface area contributed by atoms with Crippen LogP contribution in [0.1, 0.15) is 88.6 Å². The standard InChI is InChI=1S/C32H45N3O4/c1-8-12-23(4)33-29(36)28(25-16-15-21(2)22(3)19-25)35(26-17-18-26)30(37)27(20-24-13-10-9-11-14-24)34-31(38)39-32(5,6)7/h9-11,13-16,19,23,26-28H,8,12,17-18,20H2,1-7H3,(H,33,36)(H,34,38). The van der Waals surface area contributed by atoms with Gasteiger partial charge in [0.25, 0.3) is 0 Å². The largest absolute Gasteiger partial charge is 0.444 e. The van der Waals surface area contributed by atoms with Crippen molar-refractivity contribution in [2.45, 2.75) is 110 Å². The normalized spacial score (nSPS) is 15.6. The van der Waals surface area contributed by atoms with E-state index in [2.05, 4.69) is 17.6 Å². The summed E-state index contributed by atoms with van der Waals surface area (Å²) < 4.78 is 5.51. The monoisotopic (exact) mass is 535 g/mol. The Morgan fingerprint density at radius 3 is 2.23 bits per heavy atom. The Kier molecular flexibility index (Phi) is 10.2. The first-order chi connectivity index (χ1) is 18.4. The highest BCUT2D eigenvalue weighted by molar-refractivity contribution is 5.93. The summed E-state index contributed by atoms with van der Waals surface area (Å²) in [4.78, 5) is 42.8. The van der Waals surface area contributed by atoms with Gasteiger partial charge in [-0.25, -0.2) is 4.79 Å². The van der Waals surface area contributed by atoms with Crippen molar-refractivity contribution >= 4 is 17.9 Å². The summed E-state index contributed by atoms with van der Waals surface area (Å²) in [7, 11) is 0. The van der Waals surface area contributed by atoms with E-state index in [4.69, 9.17) is 4.74 Å². The SMILES string of the molecule is CCCC(C)NC(=O)C(c1ccc(C)c(C)c1)N(C(=O)C(Cc1ccccc1)NC(=O)OC(C)(C)C)C1CC1. The fourth-order valence-corrected chi connectivity index (χ4v) is 4.75. The minimum absolute atomic E-state index is 0.0206. The highest BCUT2D eigenvalue weighted by Crippen LogP contribution is 2.36. The summed E-state index contributed by atoms with van der Waals surface area (Å²) >= 11 is 0. The zero-order chi connectivity index (χ0) is 28.7. The lowest BCUT2D eigenvalue weighted by Gasteiger charge is -2.35. The molecule has 39 heavy (non-hydrogen) atoms. The number of nitrogens with one attached hydrogen (secondary N) is 2. The molecule has 1 aliphatic carbocycles. The molecule has 7 heteroatoms. The Balaban J connectivity index is 2.02. The molecular formula is C32H45N3O4. The van der Waals surface area contributed by atoms with Crippen LogP contribution in [0.15, 0.2) is 48.5 Å². The Morgan fingerprint density at radius 1 is 1.00 bits per heavy atom. The predicted octanol–water partition coefficient (Wildman–Crippen LogP) is 5.78. The minimum atomic E-state index is -0.891. The molecule has 3 rings (SSSR count). The van der Waals surface area contributed by atoms with Crippen molar-refractivity contribution < 1.29 is 19.1 Å². The first-order valence-electron chi connectivity index (χ1n) is 14.1. The van der Waals surface area contributed by atoms with Gasteiger partial charge in [0.05, 0.1) is 0 Å². The number of aryl methyl sites for hydroxylation is 2. The van der Waals surface area contributed by atoms with Crippen LogP contribution < -0.4 is 10.6 Å². The van der Waals surface area contributed by atoms with Gasteiger partial charge in [0, 0.05) is 18.5 Å². The lowest BCUT2D eigenvalue weighted by molar-refractivity contribution is -0.143. The van der Waals surface area contributed by atoms with Gasteiger partial charge in [-0.05, 0) is 83.1 Å². The molecule has 2 aromatic carbocycles. The number of carbonyl (C=O) groups is 3. The summed E-state index contributed by atoms with van der Waals surface area (Å²) in [6.07, 6.45) is 3.05. The van der Waals surface area contributed by atoms with E-state index in [1.807, 2.05) is 69.3 Å². The number of rotatable bonds is 11. The van der Waals surface area contributed by atoms with Gasteiger partial charge in [-0.15, -0.1) is 0 Å². The van der Waals surface area contributed by atoms with Crippen LogP contribution in [0.2, 0.25) is 0 Å². The number of carbonyl (C=O) groups excluding carboxylic acids is 3. The molecule has 3 atom stereocenters. The molecule has 0 bridgehead atoms. The van der Waals surface area contributed by atoms with Crippen LogP contribution >= 0.6 is 0 Å². The maximum atomic E-state index is 14.4. The van der Waals surface area contributed by atoms with Crippen molar-refractivity contribution in [3.63, 3.8) is 0 Å². The average molecular weight is 536 g/mol. The summed E-state index contributed by atoms with van der Waals surface area (Å²) in [5.41, 5.74) is 3.15. The molecule has 0 aromatic heterocycles. The molecule has 3 unspecified atom stereocenters.